The number of hydrogen-bond acceptors (Lipinski definition) is 3. The van der Waals surface area contributed by atoms with Crippen LogP contribution in [0.2, 0.25) is 0 Å². The highest BCUT2D eigenvalue weighted by Gasteiger charge is 2.40. The molecule has 2 rings (SSSR count). The van der Waals surface area contributed by atoms with E-state index in [0.717, 1.165) is 6.54 Å². The second-order valence-corrected chi connectivity index (χ2v) is 5.28. The molecule has 1 N–H and O–H groups in total. The summed E-state index contributed by atoms with van der Waals surface area (Å²) in [4.78, 5) is 0. The van der Waals surface area contributed by atoms with E-state index in [1.54, 1.807) is 0 Å². The average Bonchev–Trinajstić information content (AvgIpc) is 2.60. The lowest BCUT2D eigenvalue weighted by Gasteiger charge is -2.33. The zero-order valence-electron chi connectivity index (χ0n) is 10.1. The van der Waals surface area contributed by atoms with Gasteiger partial charge in [-0.1, -0.05) is 19.3 Å². The minimum Gasteiger partial charge on any atom is -0.370 e. The van der Waals surface area contributed by atoms with Crippen molar-refractivity contribution < 1.29 is 4.74 Å². The fraction of sp³-hybridized carbons (Fsp3) is 1.00. The van der Waals surface area contributed by atoms with E-state index < -0.39 is 0 Å². The van der Waals surface area contributed by atoms with E-state index in [4.69, 9.17) is 4.74 Å². The van der Waals surface area contributed by atoms with Gasteiger partial charge in [0.1, 0.15) is 0 Å². The number of nitrogens with zero attached hydrogens (tertiary/aromatic N) is 1. The van der Waals surface area contributed by atoms with E-state index >= 15 is 0 Å². The van der Waals surface area contributed by atoms with Gasteiger partial charge in [0.15, 0.2) is 0 Å². The molecule has 2 aliphatic rings. The van der Waals surface area contributed by atoms with Gasteiger partial charge in [0, 0.05) is 20.6 Å². The molecular formula is C12H24N2O. The van der Waals surface area contributed by atoms with Crippen molar-refractivity contribution in [1.29, 1.82) is 0 Å². The van der Waals surface area contributed by atoms with E-state index in [1.165, 1.54) is 44.9 Å². The monoisotopic (exact) mass is 212 g/mol. The molecule has 88 valence electrons. The van der Waals surface area contributed by atoms with E-state index in [0.29, 0.717) is 6.10 Å². The van der Waals surface area contributed by atoms with E-state index in [9.17, 15) is 0 Å². The molecule has 0 aromatic rings. The lowest BCUT2D eigenvalue weighted by Crippen LogP contribution is -2.39. The third-order valence-electron chi connectivity index (χ3n) is 3.74. The first kappa shape index (κ1) is 11.4. The largest absolute Gasteiger partial charge is 0.370 e. The summed E-state index contributed by atoms with van der Waals surface area (Å²) in [6.45, 7) is 0.967. The Hall–Kier alpha value is -0.120. The first-order valence-electron chi connectivity index (χ1n) is 6.29. The Morgan fingerprint density at radius 2 is 1.93 bits per heavy atom. The van der Waals surface area contributed by atoms with E-state index in [2.05, 4.69) is 5.43 Å². The Bertz CT molecular complexity index is 200. The maximum Gasteiger partial charge on any atom is 0.0722 e. The van der Waals surface area contributed by atoms with Crippen molar-refractivity contribution in [2.75, 3.05) is 20.6 Å². The molecule has 1 heterocycles. The minimum atomic E-state index is 0.275. The first-order chi connectivity index (χ1) is 7.20. The lowest BCUT2D eigenvalue weighted by molar-refractivity contribution is -0.0657. The molecule has 15 heavy (non-hydrogen) atoms. The number of hydrazine groups is 1. The van der Waals surface area contributed by atoms with Crippen LogP contribution >= 0.6 is 0 Å². The molecule has 3 nitrogen and oxygen atoms in total. The van der Waals surface area contributed by atoms with Crippen molar-refractivity contribution in [2.45, 2.75) is 56.7 Å². The molecule has 1 unspecified atom stereocenters. The molecule has 0 aromatic carbocycles. The summed E-state index contributed by atoms with van der Waals surface area (Å²) < 4.78 is 6.25. The van der Waals surface area contributed by atoms with Crippen molar-refractivity contribution in [3.8, 4) is 0 Å². The normalized spacial score (nSPS) is 30.2. The van der Waals surface area contributed by atoms with Gasteiger partial charge in [0.25, 0.3) is 0 Å². The Labute approximate surface area is 93.1 Å². The van der Waals surface area contributed by atoms with Gasteiger partial charge in [-0.3, -0.25) is 10.4 Å². The van der Waals surface area contributed by atoms with Gasteiger partial charge in [0.05, 0.1) is 11.7 Å². The molecule has 0 radical (unpaired) electrons. The van der Waals surface area contributed by atoms with Crippen LogP contribution in [0.25, 0.3) is 0 Å². The van der Waals surface area contributed by atoms with Crippen molar-refractivity contribution in [2.24, 2.45) is 0 Å². The zero-order chi connectivity index (χ0) is 10.7. The predicted octanol–water partition coefficient (Wildman–Crippen LogP) is 1.93. The van der Waals surface area contributed by atoms with Crippen LogP contribution < -0.4 is 5.43 Å². The van der Waals surface area contributed by atoms with Gasteiger partial charge in [-0.05, 0) is 25.7 Å². The SMILES string of the molecule is CN(C)NCC1CCC2(CCCCC2)O1. The summed E-state index contributed by atoms with van der Waals surface area (Å²) in [6.07, 6.45) is 9.70. The molecule has 1 aliphatic heterocycles. The molecule has 1 saturated carbocycles. The highest BCUT2D eigenvalue weighted by molar-refractivity contribution is 4.91. The highest BCUT2D eigenvalue weighted by Crippen LogP contribution is 2.41. The number of hydrogen-bond donors (Lipinski definition) is 1. The van der Waals surface area contributed by atoms with Crippen LogP contribution in [0.15, 0.2) is 0 Å². The quantitative estimate of drug-likeness (QED) is 0.724. The first-order valence-corrected chi connectivity index (χ1v) is 6.29. The van der Waals surface area contributed by atoms with Crippen LogP contribution in [0.3, 0.4) is 0 Å². The Balaban J connectivity index is 1.78. The van der Waals surface area contributed by atoms with Gasteiger partial charge in [-0.2, -0.15) is 0 Å². The molecule has 2 fully saturated rings. The molecule has 1 spiro atoms. The summed E-state index contributed by atoms with van der Waals surface area (Å²) >= 11 is 0. The third kappa shape index (κ3) is 2.92. The molecule has 1 saturated heterocycles. The Morgan fingerprint density at radius 3 is 2.60 bits per heavy atom. The van der Waals surface area contributed by atoms with Crippen LogP contribution in [-0.4, -0.2) is 37.4 Å². The van der Waals surface area contributed by atoms with Crippen molar-refractivity contribution >= 4 is 0 Å². The second kappa shape index (κ2) is 4.81. The molecule has 1 aliphatic carbocycles. The lowest BCUT2D eigenvalue weighted by atomic mass is 9.83. The summed E-state index contributed by atoms with van der Waals surface area (Å²) in [5, 5.41) is 2.01. The van der Waals surface area contributed by atoms with Crippen molar-refractivity contribution in [3.63, 3.8) is 0 Å². The summed E-state index contributed by atoms with van der Waals surface area (Å²) in [7, 11) is 4.07. The minimum absolute atomic E-state index is 0.275. The topological polar surface area (TPSA) is 24.5 Å². The molecule has 1 atom stereocenters. The van der Waals surface area contributed by atoms with Gasteiger partial charge in [-0.25, -0.2) is 0 Å². The summed E-state index contributed by atoms with van der Waals surface area (Å²) in [6, 6.07) is 0. The number of ether oxygens (including phenoxy) is 1. The fourth-order valence-electron chi connectivity index (χ4n) is 2.89. The van der Waals surface area contributed by atoms with Crippen LogP contribution in [0.5, 0.6) is 0 Å². The average molecular weight is 212 g/mol. The Kier molecular flexibility index (Phi) is 3.65. The molecule has 0 aromatic heterocycles. The van der Waals surface area contributed by atoms with Gasteiger partial charge in [-0.15, -0.1) is 0 Å². The molecule has 0 amide bonds. The Morgan fingerprint density at radius 1 is 1.20 bits per heavy atom. The molecule has 3 heteroatoms. The number of rotatable bonds is 3. The zero-order valence-corrected chi connectivity index (χ0v) is 10.1. The van der Waals surface area contributed by atoms with Crippen LogP contribution in [-0.2, 0) is 4.74 Å². The van der Waals surface area contributed by atoms with Crippen LogP contribution in [0.1, 0.15) is 44.9 Å². The molecular weight excluding hydrogens is 188 g/mol. The predicted molar refractivity (Wildman–Crippen MR) is 61.6 cm³/mol. The molecule has 0 bridgehead atoms. The van der Waals surface area contributed by atoms with Gasteiger partial charge < -0.3 is 4.74 Å². The smallest absolute Gasteiger partial charge is 0.0722 e. The maximum atomic E-state index is 6.25. The summed E-state index contributed by atoms with van der Waals surface area (Å²) in [5.74, 6) is 0. The van der Waals surface area contributed by atoms with Crippen molar-refractivity contribution in [3.05, 3.63) is 0 Å². The van der Waals surface area contributed by atoms with Crippen molar-refractivity contribution in [1.82, 2.24) is 10.4 Å². The van der Waals surface area contributed by atoms with Crippen LogP contribution in [0, 0.1) is 0 Å². The van der Waals surface area contributed by atoms with E-state index in [1.807, 2.05) is 19.1 Å². The standard InChI is InChI=1S/C12H24N2O/c1-14(2)13-10-11-6-9-12(15-11)7-4-3-5-8-12/h11,13H,3-10H2,1-2H3. The van der Waals surface area contributed by atoms with Crippen LogP contribution in [0.4, 0.5) is 0 Å². The van der Waals surface area contributed by atoms with Gasteiger partial charge in [0.2, 0.25) is 0 Å². The summed E-state index contributed by atoms with van der Waals surface area (Å²) in [5.41, 5.74) is 3.59. The fourth-order valence-corrected chi connectivity index (χ4v) is 2.89. The second-order valence-electron chi connectivity index (χ2n) is 5.28. The highest BCUT2D eigenvalue weighted by atomic mass is 16.5. The third-order valence-corrected chi connectivity index (χ3v) is 3.74. The number of nitrogens with one attached hydrogen (secondary N) is 1. The van der Waals surface area contributed by atoms with Gasteiger partial charge >= 0.3 is 0 Å². The van der Waals surface area contributed by atoms with E-state index in [-0.39, 0.29) is 5.60 Å². The maximum absolute atomic E-state index is 6.25.